The zero-order valence-electron chi connectivity index (χ0n) is 16.6. The van der Waals surface area contributed by atoms with Gasteiger partial charge in [0.1, 0.15) is 12.0 Å². The maximum Gasteiger partial charge on any atom is 0.317 e. The minimum absolute atomic E-state index is 0.0295. The first kappa shape index (κ1) is 17.9. The molecule has 3 aromatic rings. The molecule has 3 heterocycles. The molecule has 1 saturated carbocycles. The van der Waals surface area contributed by atoms with Crippen LogP contribution in [-0.2, 0) is 20.0 Å². The Morgan fingerprint density at radius 2 is 1.97 bits per heavy atom. The average molecular weight is 391 g/mol. The zero-order chi connectivity index (χ0) is 19.8. The molecule has 0 radical (unpaired) electrons. The van der Waals surface area contributed by atoms with Crippen LogP contribution in [-0.4, -0.2) is 48.1 Å². The number of hydrogen-bond donors (Lipinski definition) is 1. The van der Waals surface area contributed by atoms with Crippen molar-refractivity contribution in [3.63, 3.8) is 0 Å². The second-order valence-electron chi connectivity index (χ2n) is 7.86. The third-order valence-electron chi connectivity index (χ3n) is 6.01. The molecule has 5 rings (SSSR count). The molecule has 150 valence electrons. The number of aryl methyl sites for hydroxylation is 1. The molecule has 0 bridgehead atoms. The number of fused-ring (bicyclic) bond motifs is 1. The summed E-state index contributed by atoms with van der Waals surface area (Å²) in [7, 11) is 1.96. The van der Waals surface area contributed by atoms with Crippen molar-refractivity contribution in [1.29, 1.82) is 0 Å². The molecule has 29 heavy (non-hydrogen) atoms. The van der Waals surface area contributed by atoms with Gasteiger partial charge in [-0.05, 0) is 25.0 Å². The van der Waals surface area contributed by atoms with E-state index in [0.717, 1.165) is 41.9 Å². The summed E-state index contributed by atoms with van der Waals surface area (Å²) in [6.45, 7) is 1.24. The predicted octanol–water partition coefficient (Wildman–Crippen LogP) is 2.68. The number of rotatable bonds is 3. The maximum absolute atomic E-state index is 12.8. The lowest BCUT2D eigenvalue weighted by Crippen LogP contribution is -2.46. The first-order valence-electron chi connectivity index (χ1n) is 10.3. The number of nitrogens with one attached hydrogen (secondary N) is 1. The van der Waals surface area contributed by atoms with E-state index in [1.165, 1.54) is 12.8 Å². The lowest BCUT2D eigenvalue weighted by molar-refractivity contribution is 0.188. The molecule has 0 unspecified atom stereocenters. The van der Waals surface area contributed by atoms with Gasteiger partial charge in [0.05, 0.1) is 6.54 Å². The number of amides is 2. The highest BCUT2D eigenvalue weighted by molar-refractivity contribution is 5.75. The number of para-hydroxylation sites is 1. The van der Waals surface area contributed by atoms with Crippen molar-refractivity contribution in [3.05, 3.63) is 47.9 Å². The molecule has 2 amide bonds. The highest BCUT2D eigenvalue weighted by atomic mass is 16.2. The Balaban J connectivity index is 1.45. The van der Waals surface area contributed by atoms with Gasteiger partial charge in [-0.15, -0.1) is 10.2 Å². The third-order valence-corrected chi connectivity index (χ3v) is 6.01. The van der Waals surface area contributed by atoms with Crippen LogP contribution in [0, 0.1) is 0 Å². The van der Waals surface area contributed by atoms with Crippen LogP contribution in [0.1, 0.15) is 36.9 Å². The van der Waals surface area contributed by atoms with Crippen molar-refractivity contribution in [3.8, 4) is 17.2 Å². The van der Waals surface area contributed by atoms with Crippen molar-refractivity contribution >= 4 is 6.03 Å². The number of urea groups is 1. The van der Waals surface area contributed by atoms with E-state index in [9.17, 15) is 4.79 Å². The maximum atomic E-state index is 12.8. The van der Waals surface area contributed by atoms with Gasteiger partial charge in [0, 0.05) is 43.0 Å². The number of benzene rings is 1. The molecule has 1 aliphatic carbocycles. The second kappa shape index (κ2) is 7.35. The Morgan fingerprint density at radius 3 is 2.76 bits per heavy atom. The largest absolute Gasteiger partial charge is 0.335 e. The van der Waals surface area contributed by atoms with Gasteiger partial charge in [0.15, 0.2) is 5.82 Å². The molecule has 8 heteroatoms. The fraction of sp³-hybridized carbons (Fsp3) is 0.429. The molecule has 1 N–H and O–H groups in total. The molecule has 0 saturated heterocycles. The molecule has 0 atom stereocenters. The molecule has 1 aromatic carbocycles. The van der Waals surface area contributed by atoms with E-state index >= 15 is 0 Å². The summed E-state index contributed by atoms with van der Waals surface area (Å²) in [6, 6.07) is 10.3. The van der Waals surface area contributed by atoms with Gasteiger partial charge >= 0.3 is 6.03 Å². The molecule has 2 aliphatic rings. The minimum atomic E-state index is 0.0295. The third kappa shape index (κ3) is 3.28. The quantitative estimate of drug-likeness (QED) is 0.744. The highest BCUT2D eigenvalue weighted by Gasteiger charge is 2.30. The molecule has 8 nitrogen and oxygen atoms in total. The highest BCUT2D eigenvalue weighted by Crippen LogP contribution is 2.30. The van der Waals surface area contributed by atoms with Crippen LogP contribution in [0.4, 0.5) is 4.79 Å². The summed E-state index contributed by atoms with van der Waals surface area (Å²) in [5.74, 6) is 0.700. The van der Waals surface area contributed by atoms with Crippen LogP contribution in [0.5, 0.6) is 0 Å². The lowest BCUT2D eigenvalue weighted by Gasteiger charge is -2.29. The van der Waals surface area contributed by atoms with E-state index in [0.29, 0.717) is 25.0 Å². The Hall–Kier alpha value is -3.16. The number of aromatic nitrogens is 5. The average Bonchev–Trinajstić information content (AvgIpc) is 3.49. The van der Waals surface area contributed by atoms with Crippen molar-refractivity contribution in [2.24, 2.45) is 7.05 Å². The summed E-state index contributed by atoms with van der Waals surface area (Å²) in [5.41, 5.74) is 4.00. The van der Waals surface area contributed by atoms with Gasteiger partial charge in [-0.3, -0.25) is 9.25 Å². The molecule has 2 aromatic heterocycles. The van der Waals surface area contributed by atoms with Gasteiger partial charge in [-0.25, -0.2) is 4.79 Å². The van der Waals surface area contributed by atoms with Crippen molar-refractivity contribution < 1.29 is 4.79 Å². The first-order chi connectivity index (χ1) is 14.2. The normalized spacial score (nSPS) is 16.8. The zero-order valence-corrected chi connectivity index (χ0v) is 16.6. The smallest absolute Gasteiger partial charge is 0.317 e. The van der Waals surface area contributed by atoms with Gasteiger partial charge in [-0.1, -0.05) is 31.0 Å². The van der Waals surface area contributed by atoms with E-state index in [4.69, 9.17) is 5.10 Å². The molecule has 1 fully saturated rings. The van der Waals surface area contributed by atoms with Gasteiger partial charge in [0.25, 0.3) is 0 Å². The van der Waals surface area contributed by atoms with Crippen molar-refractivity contribution in [1.82, 2.24) is 34.8 Å². The molecular formula is C21H25N7O. The number of carbonyl (C=O) groups excluding carboxylic acids is 1. The monoisotopic (exact) mass is 391 g/mol. The summed E-state index contributed by atoms with van der Waals surface area (Å²) in [4.78, 5) is 14.7. The summed E-state index contributed by atoms with van der Waals surface area (Å²) < 4.78 is 3.86. The van der Waals surface area contributed by atoms with Crippen LogP contribution in [0.3, 0.4) is 0 Å². The van der Waals surface area contributed by atoms with Crippen molar-refractivity contribution in [2.75, 3.05) is 6.54 Å². The first-order valence-corrected chi connectivity index (χ1v) is 10.3. The summed E-state index contributed by atoms with van der Waals surface area (Å²) in [5, 5.41) is 16.4. The molecule has 0 spiro atoms. The number of carbonyl (C=O) groups is 1. The van der Waals surface area contributed by atoms with Crippen LogP contribution in [0.15, 0.2) is 36.7 Å². The van der Waals surface area contributed by atoms with Crippen LogP contribution in [0.2, 0.25) is 0 Å². The van der Waals surface area contributed by atoms with Crippen molar-refractivity contribution in [2.45, 2.75) is 44.7 Å². The van der Waals surface area contributed by atoms with E-state index in [1.54, 1.807) is 6.33 Å². The Kier molecular flexibility index (Phi) is 4.54. The van der Waals surface area contributed by atoms with E-state index in [-0.39, 0.29) is 6.03 Å². The van der Waals surface area contributed by atoms with E-state index in [2.05, 4.69) is 15.5 Å². The fourth-order valence-electron chi connectivity index (χ4n) is 4.46. The van der Waals surface area contributed by atoms with Gasteiger partial charge in [-0.2, -0.15) is 5.10 Å². The van der Waals surface area contributed by atoms with E-state index < -0.39 is 0 Å². The molecular weight excluding hydrogens is 366 g/mol. The fourth-order valence-corrected chi connectivity index (χ4v) is 4.46. The number of nitrogens with zero attached hydrogens (tertiary/aromatic N) is 6. The van der Waals surface area contributed by atoms with Crippen LogP contribution < -0.4 is 5.32 Å². The lowest BCUT2D eigenvalue weighted by atomic mass is 10.0. The Labute approximate surface area is 169 Å². The van der Waals surface area contributed by atoms with Crippen LogP contribution in [0.25, 0.3) is 17.2 Å². The van der Waals surface area contributed by atoms with Gasteiger partial charge in [0.2, 0.25) is 0 Å². The molecule has 1 aliphatic heterocycles. The van der Waals surface area contributed by atoms with Crippen LogP contribution >= 0.6 is 0 Å². The SMILES string of the molecule is Cn1nc(-c2nncn2-c2ccccc2)c2c1CCN(C(=O)NC1CCCC1)C2. The van der Waals surface area contributed by atoms with Gasteiger partial charge < -0.3 is 10.2 Å². The standard InChI is InChI=1S/C21H25N7O/c1-26-18-11-12-27(21(29)23-15-7-5-6-8-15)13-17(18)19(25-26)20-24-22-14-28(20)16-9-3-2-4-10-16/h2-4,9-10,14-15H,5-8,11-13H2,1H3,(H,23,29). The second-order valence-corrected chi connectivity index (χ2v) is 7.86. The Morgan fingerprint density at radius 1 is 1.17 bits per heavy atom. The summed E-state index contributed by atoms with van der Waals surface area (Å²) in [6.07, 6.45) is 7.08. The predicted molar refractivity (Wildman–Crippen MR) is 108 cm³/mol. The Bertz CT molecular complexity index is 1020. The van der Waals surface area contributed by atoms with E-state index in [1.807, 2.05) is 51.5 Å². The topological polar surface area (TPSA) is 80.9 Å². The number of hydrogen-bond acceptors (Lipinski definition) is 4. The minimum Gasteiger partial charge on any atom is -0.335 e. The summed E-state index contributed by atoms with van der Waals surface area (Å²) >= 11 is 0.